The molecule has 2 heterocycles. The van der Waals surface area contributed by atoms with E-state index in [9.17, 15) is 35.7 Å². The lowest BCUT2D eigenvalue weighted by molar-refractivity contribution is -0.702. The minimum atomic E-state index is -1.49. The Bertz CT molecular complexity index is 488. The van der Waals surface area contributed by atoms with Gasteiger partial charge in [-0.05, 0) is 0 Å². The Balaban J connectivity index is 0.00000261. The van der Waals surface area contributed by atoms with Crippen LogP contribution in [0.4, 0.5) is 0 Å². The van der Waals surface area contributed by atoms with Gasteiger partial charge in [0, 0.05) is 7.11 Å². The smallest absolute Gasteiger partial charge is 0.186 e. The minimum Gasteiger partial charge on any atom is -1.00 e. The Morgan fingerprint density at radius 2 is 1.44 bits per heavy atom. The highest BCUT2D eigenvalue weighted by Crippen LogP contribution is 2.34. The maximum atomic E-state index is 10.3. The molecule has 12 heteroatoms. The molecule has 0 unspecified atom stereocenters. The van der Waals surface area contributed by atoms with Crippen LogP contribution in [0, 0.1) is 5.92 Å². The molecule has 0 bridgehead atoms. The van der Waals surface area contributed by atoms with E-state index >= 15 is 0 Å². The molecule has 11 nitrogen and oxygen atoms in total. The summed E-state index contributed by atoms with van der Waals surface area (Å²) in [5.41, 5.74) is 0. The Morgan fingerprint density at radius 1 is 0.852 bits per heavy atom. The van der Waals surface area contributed by atoms with E-state index in [2.05, 4.69) is 0 Å². The second kappa shape index (κ2) is 9.11. The predicted molar refractivity (Wildman–Crippen MR) is 81.5 cm³/mol. The number of aliphatic hydroxyl groups excluding tert-OH is 7. The van der Waals surface area contributed by atoms with Crippen molar-refractivity contribution in [1.29, 1.82) is 0 Å². The molecule has 3 fully saturated rings. The molecule has 27 heavy (non-hydrogen) atoms. The van der Waals surface area contributed by atoms with E-state index in [0.29, 0.717) is 0 Å². The number of quaternary nitrogens is 1. The number of nitrogens with two attached hydrogens (primary N) is 1. The first kappa shape index (κ1) is 23.1. The summed E-state index contributed by atoms with van der Waals surface area (Å²) < 4.78 is 15.9. The van der Waals surface area contributed by atoms with Crippen molar-refractivity contribution in [2.75, 3.05) is 20.3 Å². The van der Waals surface area contributed by atoms with Crippen molar-refractivity contribution in [3.8, 4) is 0 Å². The van der Waals surface area contributed by atoms with Crippen molar-refractivity contribution in [3.05, 3.63) is 0 Å². The van der Waals surface area contributed by atoms with E-state index in [-0.39, 0.29) is 31.6 Å². The summed E-state index contributed by atoms with van der Waals surface area (Å²) in [6.07, 6.45) is -12.5. The van der Waals surface area contributed by atoms with E-state index in [1.54, 1.807) is 5.32 Å². The van der Waals surface area contributed by atoms with Crippen LogP contribution in [0.2, 0.25) is 0 Å². The lowest BCUT2D eigenvalue weighted by Gasteiger charge is -2.41. The molecule has 0 amide bonds. The van der Waals surface area contributed by atoms with Gasteiger partial charge < -0.3 is 67.7 Å². The van der Waals surface area contributed by atoms with Crippen molar-refractivity contribution in [1.82, 2.24) is 0 Å². The van der Waals surface area contributed by atoms with Crippen LogP contribution in [0.3, 0.4) is 0 Å². The van der Waals surface area contributed by atoms with E-state index in [4.69, 9.17) is 14.2 Å². The highest BCUT2D eigenvalue weighted by Gasteiger charge is 2.57. The Kier molecular flexibility index (Phi) is 7.81. The van der Waals surface area contributed by atoms with Crippen molar-refractivity contribution >= 4 is 0 Å². The standard InChI is InChI=1S/C15H27NO10.ClH/c1-24-15-13(23)9(19)7(17)5(26-15)2-16-4-3-25-14-6(4)8(18)10(20)11(21)12(14)22;/h4-23H,2-3H2,1H3;1H/t4-,5-,6+,7-,8-,9+,10+,11-,12+,13-,14+,15-;/m1./s1. The van der Waals surface area contributed by atoms with Crippen LogP contribution < -0.4 is 17.7 Å². The first-order valence-corrected chi connectivity index (χ1v) is 8.67. The predicted octanol–water partition coefficient (Wildman–Crippen LogP) is -9.15. The van der Waals surface area contributed by atoms with Crippen LogP contribution >= 0.6 is 0 Å². The van der Waals surface area contributed by atoms with Crippen LogP contribution in [-0.4, -0.2) is 123 Å². The molecule has 0 aromatic heterocycles. The van der Waals surface area contributed by atoms with Gasteiger partial charge in [0.25, 0.3) is 0 Å². The third-order valence-electron chi connectivity index (χ3n) is 5.71. The van der Waals surface area contributed by atoms with Crippen LogP contribution in [0.1, 0.15) is 0 Å². The third kappa shape index (κ3) is 4.10. The fourth-order valence-electron chi connectivity index (χ4n) is 4.13. The van der Waals surface area contributed by atoms with Crippen molar-refractivity contribution < 1.29 is 67.7 Å². The third-order valence-corrected chi connectivity index (χ3v) is 5.71. The summed E-state index contributed by atoms with van der Waals surface area (Å²) in [6, 6.07) is -0.368. The molecule has 0 spiro atoms. The monoisotopic (exact) mass is 417 g/mol. The van der Waals surface area contributed by atoms with Gasteiger partial charge in [0.05, 0.1) is 24.7 Å². The van der Waals surface area contributed by atoms with Crippen molar-refractivity contribution in [2.45, 2.75) is 67.3 Å². The summed E-state index contributed by atoms with van der Waals surface area (Å²) in [7, 11) is 1.31. The van der Waals surface area contributed by atoms with Crippen LogP contribution in [-0.2, 0) is 14.2 Å². The molecule has 12 atom stereocenters. The summed E-state index contributed by atoms with van der Waals surface area (Å²) in [6.45, 7) is 0.314. The van der Waals surface area contributed by atoms with Gasteiger partial charge >= 0.3 is 0 Å². The van der Waals surface area contributed by atoms with E-state index in [1.165, 1.54) is 7.11 Å². The summed E-state index contributed by atoms with van der Waals surface area (Å²) in [4.78, 5) is 0. The molecule has 0 radical (unpaired) electrons. The van der Waals surface area contributed by atoms with Gasteiger partial charge in [0.1, 0.15) is 55.3 Å². The topological polar surface area (TPSA) is 186 Å². The quantitative estimate of drug-likeness (QED) is 0.218. The number of halogens is 1. The molecule has 1 aliphatic carbocycles. The average Bonchev–Trinajstić information content (AvgIpc) is 3.06. The second-order valence-electron chi connectivity index (χ2n) is 7.22. The summed E-state index contributed by atoms with van der Waals surface area (Å²) >= 11 is 0. The maximum Gasteiger partial charge on any atom is 0.186 e. The van der Waals surface area contributed by atoms with Gasteiger partial charge in [-0.1, -0.05) is 0 Å². The molecule has 0 aromatic carbocycles. The Labute approximate surface area is 161 Å². The molecule has 2 aliphatic heterocycles. The lowest BCUT2D eigenvalue weighted by atomic mass is 9.76. The van der Waals surface area contributed by atoms with Gasteiger partial charge in [0.2, 0.25) is 0 Å². The number of hydrogen-bond donors (Lipinski definition) is 8. The van der Waals surface area contributed by atoms with E-state index in [0.717, 1.165) is 0 Å². The van der Waals surface area contributed by atoms with Gasteiger partial charge in [-0.15, -0.1) is 0 Å². The number of methoxy groups -OCH3 is 1. The first-order chi connectivity index (χ1) is 12.3. The van der Waals surface area contributed by atoms with Gasteiger partial charge in [0.15, 0.2) is 6.29 Å². The van der Waals surface area contributed by atoms with Crippen LogP contribution in [0.25, 0.3) is 0 Å². The lowest BCUT2D eigenvalue weighted by Crippen LogP contribution is -3.00. The molecular formula is C15H28ClNO10. The number of hydrogen-bond acceptors (Lipinski definition) is 10. The van der Waals surface area contributed by atoms with Crippen molar-refractivity contribution in [3.63, 3.8) is 0 Å². The Morgan fingerprint density at radius 3 is 2.07 bits per heavy atom. The average molecular weight is 418 g/mol. The van der Waals surface area contributed by atoms with Crippen molar-refractivity contribution in [2.24, 2.45) is 5.92 Å². The van der Waals surface area contributed by atoms with E-state index in [1.807, 2.05) is 0 Å². The Hall–Kier alpha value is -0.150. The largest absolute Gasteiger partial charge is 1.00 e. The fraction of sp³-hybridized carbons (Fsp3) is 1.00. The molecule has 1 saturated carbocycles. The number of fused-ring (bicyclic) bond motifs is 1. The molecule has 3 aliphatic rings. The highest BCUT2D eigenvalue weighted by molar-refractivity contribution is 5.04. The van der Waals surface area contributed by atoms with Gasteiger partial charge in [-0.3, -0.25) is 0 Å². The molecule has 9 N–H and O–H groups in total. The highest BCUT2D eigenvalue weighted by atomic mass is 35.5. The molecule has 2 saturated heterocycles. The molecule has 160 valence electrons. The first-order valence-electron chi connectivity index (χ1n) is 8.67. The minimum absolute atomic E-state index is 0. The fourth-order valence-corrected chi connectivity index (χ4v) is 4.13. The zero-order chi connectivity index (χ0) is 19.2. The number of rotatable bonds is 4. The second-order valence-corrected chi connectivity index (χ2v) is 7.22. The number of aliphatic hydroxyl groups is 7. The van der Waals surface area contributed by atoms with Gasteiger partial charge in [-0.25, -0.2) is 0 Å². The zero-order valence-electron chi connectivity index (χ0n) is 14.7. The molecule has 3 rings (SSSR count). The zero-order valence-corrected chi connectivity index (χ0v) is 15.4. The SMILES string of the molecule is CO[C@@H]1O[C@H](C[NH2+][C@@H]2CO[C@@H]3[C@@H](O)[C@H](O)[C@@H](O)[C@H](O)[C@@H]32)[C@@H](O)[C@H](O)[C@H]1O.[Cl-]. The van der Waals surface area contributed by atoms with E-state index < -0.39 is 67.1 Å². The summed E-state index contributed by atoms with van der Waals surface area (Å²) in [5.74, 6) is -0.627. The normalized spacial score (nSPS) is 52.9. The molecule has 0 aromatic rings. The van der Waals surface area contributed by atoms with Crippen LogP contribution in [0.5, 0.6) is 0 Å². The summed E-state index contributed by atoms with van der Waals surface area (Å²) in [5, 5.41) is 71.5. The molecular weight excluding hydrogens is 390 g/mol. The maximum absolute atomic E-state index is 10.3. The van der Waals surface area contributed by atoms with Gasteiger partial charge in [-0.2, -0.15) is 0 Å². The van der Waals surface area contributed by atoms with Crippen LogP contribution in [0.15, 0.2) is 0 Å². The number of ether oxygens (including phenoxy) is 3.